The minimum Gasteiger partial charge on any atom is -0.354 e. The first-order chi connectivity index (χ1) is 11.1. The highest BCUT2D eigenvalue weighted by atomic mass is 35.5. The van der Waals surface area contributed by atoms with Crippen molar-refractivity contribution in [2.75, 3.05) is 27.2 Å². The molecule has 5 nitrogen and oxygen atoms in total. The maximum absolute atomic E-state index is 11.8. The molecule has 0 aromatic heterocycles. The van der Waals surface area contributed by atoms with E-state index in [1.807, 2.05) is 44.9 Å². The molecule has 1 aromatic carbocycles. The summed E-state index contributed by atoms with van der Waals surface area (Å²) in [7, 11) is 3.66. The van der Waals surface area contributed by atoms with Crippen molar-refractivity contribution in [2.24, 2.45) is 10.4 Å². The molecule has 0 aliphatic carbocycles. The van der Waals surface area contributed by atoms with Crippen molar-refractivity contribution in [1.29, 1.82) is 0 Å². The molecule has 1 amide bonds. The number of nitrogens with one attached hydrogen (secondary N) is 2. The highest BCUT2D eigenvalue weighted by Crippen LogP contribution is 2.23. The highest BCUT2D eigenvalue weighted by Gasteiger charge is 2.20. The van der Waals surface area contributed by atoms with E-state index < -0.39 is 0 Å². The number of hydrogen-bond donors (Lipinski definition) is 2. The minimum absolute atomic E-state index is 0.0310. The van der Waals surface area contributed by atoms with Crippen LogP contribution in [0.15, 0.2) is 23.2 Å². The van der Waals surface area contributed by atoms with Crippen LogP contribution in [0.1, 0.15) is 26.3 Å². The van der Waals surface area contributed by atoms with Crippen molar-refractivity contribution < 1.29 is 4.79 Å². The number of amides is 1. The lowest BCUT2D eigenvalue weighted by Crippen LogP contribution is -2.43. The Labute approximate surface area is 154 Å². The lowest BCUT2D eigenvalue weighted by molar-refractivity contribution is -0.128. The van der Waals surface area contributed by atoms with Crippen LogP contribution in [0.4, 0.5) is 0 Å². The summed E-state index contributed by atoms with van der Waals surface area (Å²) in [5, 5.41) is 7.20. The molecule has 24 heavy (non-hydrogen) atoms. The summed E-state index contributed by atoms with van der Waals surface area (Å²) in [6.07, 6.45) is 0. The number of aliphatic imine (C=N–C) groups is 1. The second kappa shape index (κ2) is 9.14. The van der Waals surface area contributed by atoms with Gasteiger partial charge in [-0.1, -0.05) is 50.0 Å². The van der Waals surface area contributed by atoms with Gasteiger partial charge in [0.25, 0.3) is 0 Å². The summed E-state index contributed by atoms with van der Waals surface area (Å²) >= 11 is 12.0. The van der Waals surface area contributed by atoms with Crippen LogP contribution >= 0.6 is 23.2 Å². The Kier molecular flexibility index (Phi) is 7.84. The molecule has 2 N–H and O–H groups in total. The van der Waals surface area contributed by atoms with Crippen molar-refractivity contribution in [1.82, 2.24) is 15.5 Å². The molecule has 0 unspecified atom stereocenters. The van der Waals surface area contributed by atoms with Crippen molar-refractivity contribution in [2.45, 2.75) is 27.3 Å². The van der Waals surface area contributed by atoms with E-state index in [1.165, 1.54) is 0 Å². The van der Waals surface area contributed by atoms with E-state index in [9.17, 15) is 4.79 Å². The number of guanidine groups is 1. The largest absolute Gasteiger partial charge is 0.354 e. The van der Waals surface area contributed by atoms with E-state index in [-0.39, 0.29) is 11.3 Å². The second-order valence-electron chi connectivity index (χ2n) is 6.58. The van der Waals surface area contributed by atoms with E-state index in [0.717, 1.165) is 11.5 Å². The zero-order chi connectivity index (χ0) is 18.3. The fourth-order valence-electron chi connectivity index (χ4n) is 1.99. The quantitative estimate of drug-likeness (QED) is 0.474. The van der Waals surface area contributed by atoms with Crippen molar-refractivity contribution >= 4 is 35.1 Å². The van der Waals surface area contributed by atoms with Crippen LogP contribution in [0.3, 0.4) is 0 Å². The summed E-state index contributed by atoms with van der Waals surface area (Å²) < 4.78 is 0. The molecule has 0 fully saturated rings. The Morgan fingerprint density at radius 3 is 2.33 bits per heavy atom. The smallest absolute Gasteiger partial charge is 0.225 e. The van der Waals surface area contributed by atoms with Gasteiger partial charge in [0, 0.05) is 39.1 Å². The number of carbonyl (C=O) groups is 1. The van der Waals surface area contributed by atoms with Gasteiger partial charge < -0.3 is 15.5 Å². The zero-order valence-corrected chi connectivity index (χ0v) is 16.4. The van der Waals surface area contributed by atoms with E-state index in [0.29, 0.717) is 29.7 Å². The molecule has 7 heteroatoms. The lowest BCUT2D eigenvalue weighted by Gasteiger charge is -2.23. The number of nitrogens with zero attached hydrogens (tertiary/aromatic N) is 2. The summed E-state index contributed by atoms with van der Waals surface area (Å²) in [4.78, 5) is 18.0. The van der Waals surface area contributed by atoms with Gasteiger partial charge in [-0.2, -0.15) is 0 Å². The Morgan fingerprint density at radius 2 is 1.79 bits per heavy atom. The van der Waals surface area contributed by atoms with Gasteiger partial charge in [0.1, 0.15) is 0 Å². The van der Waals surface area contributed by atoms with Crippen LogP contribution in [-0.4, -0.2) is 44.0 Å². The number of hydrogen-bond acceptors (Lipinski definition) is 2. The van der Waals surface area contributed by atoms with Gasteiger partial charge in [-0.15, -0.1) is 0 Å². The van der Waals surface area contributed by atoms with Crippen LogP contribution in [0.2, 0.25) is 10.0 Å². The van der Waals surface area contributed by atoms with Gasteiger partial charge in [-0.05, 0) is 17.7 Å². The topological polar surface area (TPSA) is 56.7 Å². The third kappa shape index (κ3) is 6.57. The third-order valence-electron chi connectivity index (χ3n) is 3.35. The van der Waals surface area contributed by atoms with E-state index in [1.54, 1.807) is 13.1 Å². The molecule has 0 aliphatic heterocycles. The molecular formula is C17H26Cl2N4O. The van der Waals surface area contributed by atoms with Gasteiger partial charge in [-0.25, -0.2) is 0 Å². The molecule has 0 saturated heterocycles. The number of rotatable bonds is 5. The zero-order valence-electron chi connectivity index (χ0n) is 14.9. The highest BCUT2D eigenvalue weighted by molar-refractivity contribution is 6.42. The van der Waals surface area contributed by atoms with Crippen LogP contribution in [0.25, 0.3) is 0 Å². The van der Waals surface area contributed by atoms with Crippen LogP contribution < -0.4 is 10.6 Å². The Hall–Kier alpha value is -1.46. The molecular weight excluding hydrogens is 347 g/mol. The van der Waals surface area contributed by atoms with Crippen molar-refractivity contribution in [3.63, 3.8) is 0 Å². The average molecular weight is 373 g/mol. The van der Waals surface area contributed by atoms with Gasteiger partial charge in [-0.3, -0.25) is 9.79 Å². The normalized spacial score (nSPS) is 12.0. The van der Waals surface area contributed by atoms with Gasteiger partial charge in [0.05, 0.1) is 10.0 Å². The van der Waals surface area contributed by atoms with Gasteiger partial charge >= 0.3 is 0 Å². The van der Waals surface area contributed by atoms with Gasteiger partial charge in [0.15, 0.2) is 5.96 Å². The minimum atomic E-state index is -0.383. The fraction of sp³-hybridized carbons (Fsp3) is 0.529. The lowest BCUT2D eigenvalue weighted by atomic mass is 9.96. The standard InChI is InChI=1S/C17H26Cl2N4O/c1-17(2,3)15(24)21-8-9-22-16(20-4)23(5)11-12-6-7-13(18)14(19)10-12/h6-7,10H,8-9,11H2,1-5H3,(H,20,22)(H,21,24). The molecule has 1 rings (SSSR count). The van der Waals surface area contributed by atoms with Crippen molar-refractivity contribution in [3.05, 3.63) is 33.8 Å². The van der Waals surface area contributed by atoms with E-state index >= 15 is 0 Å². The number of carbonyl (C=O) groups excluding carboxylic acids is 1. The summed E-state index contributed by atoms with van der Waals surface area (Å²) in [6.45, 7) is 7.44. The summed E-state index contributed by atoms with van der Waals surface area (Å²) in [5.41, 5.74) is 0.655. The Bertz CT molecular complexity index is 597. The van der Waals surface area contributed by atoms with E-state index in [4.69, 9.17) is 23.2 Å². The number of benzene rings is 1. The molecule has 0 atom stereocenters. The second-order valence-corrected chi connectivity index (χ2v) is 7.40. The first-order valence-electron chi connectivity index (χ1n) is 7.79. The summed E-state index contributed by atoms with van der Waals surface area (Å²) in [6, 6.07) is 5.56. The average Bonchev–Trinajstić information content (AvgIpc) is 2.49. The molecule has 0 saturated carbocycles. The molecule has 0 spiro atoms. The summed E-state index contributed by atoms with van der Waals surface area (Å²) in [5.74, 6) is 0.773. The van der Waals surface area contributed by atoms with Crippen LogP contribution in [0.5, 0.6) is 0 Å². The first-order valence-corrected chi connectivity index (χ1v) is 8.54. The SMILES string of the molecule is CN=C(NCCNC(=O)C(C)(C)C)N(C)Cc1ccc(Cl)c(Cl)c1. The maximum atomic E-state index is 11.8. The molecule has 0 heterocycles. The van der Waals surface area contributed by atoms with Crippen LogP contribution in [0, 0.1) is 5.41 Å². The molecule has 0 bridgehead atoms. The fourth-order valence-corrected chi connectivity index (χ4v) is 2.31. The third-order valence-corrected chi connectivity index (χ3v) is 4.09. The van der Waals surface area contributed by atoms with Crippen molar-refractivity contribution in [3.8, 4) is 0 Å². The first kappa shape index (κ1) is 20.6. The monoisotopic (exact) mass is 372 g/mol. The number of halogens is 2. The van der Waals surface area contributed by atoms with Gasteiger partial charge in [0.2, 0.25) is 5.91 Å². The maximum Gasteiger partial charge on any atom is 0.225 e. The Balaban J connectivity index is 2.48. The molecule has 134 valence electrons. The predicted molar refractivity (Wildman–Crippen MR) is 102 cm³/mol. The Morgan fingerprint density at radius 1 is 1.17 bits per heavy atom. The molecule has 0 radical (unpaired) electrons. The van der Waals surface area contributed by atoms with E-state index in [2.05, 4.69) is 15.6 Å². The molecule has 1 aromatic rings. The van der Waals surface area contributed by atoms with Crippen LogP contribution in [-0.2, 0) is 11.3 Å². The molecule has 0 aliphatic rings. The predicted octanol–water partition coefficient (Wildman–Crippen LogP) is 3.16.